The molecule has 0 N–H and O–H groups in total. The molecule has 24 heavy (non-hydrogen) atoms. The molecule has 1 aliphatic rings. The first-order valence-electron chi connectivity index (χ1n) is 7.99. The van der Waals surface area contributed by atoms with Crippen LogP contribution in [0.4, 0.5) is 0 Å². The number of hydrogen-bond acceptors (Lipinski definition) is 5. The van der Waals surface area contributed by atoms with Crippen LogP contribution in [0.15, 0.2) is 40.8 Å². The van der Waals surface area contributed by atoms with E-state index in [1.165, 1.54) is 4.85 Å². The molecular weight excluding hydrogens is 308 g/mol. The van der Waals surface area contributed by atoms with Crippen molar-refractivity contribution < 1.29 is 14.0 Å². The number of amides is 1. The smallest absolute Gasteiger partial charge is 0.264 e. The molecule has 0 unspecified atom stereocenters. The highest BCUT2D eigenvalue weighted by molar-refractivity contribution is 5.78. The average Bonchev–Trinajstić information content (AvgIpc) is 3.22. The van der Waals surface area contributed by atoms with Crippen LogP contribution in [0.2, 0.25) is 0 Å². The van der Waals surface area contributed by atoms with Crippen LogP contribution in [0.1, 0.15) is 24.4 Å². The minimum absolute atomic E-state index is 0.0777. The van der Waals surface area contributed by atoms with Gasteiger partial charge in [-0.1, -0.05) is 17.0 Å². The number of rotatable bonds is 6. The zero-order valence-electron chi connectivity index (χ0n) is 13.4. The van der Waals surface area contributed by atoms with Gasteiger partial charge in [-0.25, -0.2) is 0 Å². The second-order valence-electron chi connectivity index (χ2n) is 5.99. The number of furan rings is 1. The molecule has 7 nitrogen and oxygen atoms in total. The van der Waals surface area contributed by atoms with Crippen molar-refractivity contribution in [3.8, 4) is 0 Å². The molecular formula is C17H18N4O3. The monoisotopic (exact) mass is 326 g/mol. The van der Waals surface area contributed by atoms with Crippen molar-refractivity contribution in [2.24, 2.45) is 0 Å². The number of carbonyl (C=O) groups is 1. The standard InChI is InChI=1S/C17H18N4O3/c1-12-6-9-14(24-12)10-20(13-7-8-13)17(22)11-23-21-16-5-3-2-4-15(16)18-19-21/h2-6,9,13H,7-8,10-11H2,1H3. The topological polar surface area (TPSA) is 73.4 Å². The van der Waals surface area contributed by atoms with Crippen LogP contribution in [0.3, 0.4) is 0 Å². The molecule has 2 heterocycles. The Kier molecular flexibility index (Phi) is 3.68. The van der Waals surface area contributed by atoms with Gasteiger partial charge in [0.05, 0.1) is 6.54 Å². The lowest BCUT2D eigenvalue weighted by Crippen LogP contribution is -2.37. The van der Waals surface area contributed by atoms with Gasteiger partial charge in [-0.05, 0) is 49.2 Å². The van der Waals surface area contributed by atoms with Gasteiger partial charge in [-0.3, -0.25) is 4.79 Å². The number of carbonyl (C=O) groups excluding carboxylic acids is 1. The van der Waals surface area contributed by atoms with Crippen molar-refractivity contribution in [2.75, 3.05) is 6.61 Å². The van der Waals surface area contributed by atoms with E-state index in [1.54, 1.807) is 0 Å². The fraction of sp³-hybridized carbons (Fsp3) is 0.353. The summed E-state index contributed by atoms with van der Waals surface area (Å²) in [6.45, 7) is 2.29. The van der Waals surface area contributed by atoms with Gasteiger partial charge in [0, 0.05) is 6.04 Å². The Labute approximate surface area is 138 Å². The summed E-state index contributed by atoms with van der Waals surface area (Å²) in [6, 6.07) is 11.5. The quantitative estimate of drug-likeness (QED) is 0.692. The summed E-state index contributed by atoms with van der Waals surface area (Å²) in [6.07, 6.45) is 2.05. The maximum absolute atomic E-state index is 12.6. The van der Waals surface area contributed by atoms with Gasteiger partial charge in [0.2, 0.25) is 0 Å². The molecule has 1 saturated carbocycles. The predicted octanol–water partition coefficient (Wildman–Crippen LogP) is 1.95. The zero-order valence-corrected chi connectivity index (χ0v) is 13.4. The molecule has 1 aromatic carbocycles. The number of aromatic nitrogens is 3. The third kappa shape index (κ3) is 2.97. The Bertz CT molecular complexity index is 865. The molecule has 1 fully saturated rings. The molecule has 2 aromatic heterocycles. The highest BCUT2D eigenvalue weighted by atomic mass is 16.7. The molecule has 1 amide bonds. The van der Waals surface area contributed by atoms with Crippen LogP contribution >= 0.6 is 0 Å². The number of fused-ring (bicyclic) bond motifs is 1. The minimum atomic E-state index is -0.0798. The van der Waals surface area contributed by atoms with Crippen LogP contribution in [-0.4, -0.2) is 38.6 Å². The number of benzene rings is 1. The van der Waals surface area contributed by atoms with E-state index in [0.717, 1.165) is 35.4 Å². The predicted molar refractivity (Wildman–Crippen MR) is 86.0 cm³/mol. The molecule has 0 spiro atoms. The van der Waals surface area contributed by atoms with Crippen molar-refractivity contribution >= 4 is 16.9 Å². The molecule has 4 rings (SSSR count). The van der Waals surface area contributed by atoms with Crippen LogP contribution in [0.5, 0.6) is 0 Å². The summed E-state index contributed by atoms with van der Waals surface area (Å²) in [4.78, 5) is 21.2. The first-order chi connectivity index (χ1) is 11.7. The fourth-order valence-corrected chi connectivity index (χ4v) is 2.69. The Hall–Kier alpha value is -2.83. The first-order valence-corrected chi connectivity index (χ1v) is 7.99. The maximum Gasteiger partial charge on any atom is 0.264 e. The molecule has 0 aliphatic heterocycles. The number of para-hydroxylation sites is 1. The summed E-state index contributed by atoms with van der Waals surface area (Å²) in [5, 5.41) is 7.94. The van der Waals surface area contributed by atoms with Crippen LogP contribution in [-0.2, 0) is 11.3 Å². The normalized spacial score (nSPS) is 14.0. The minimum Gasteiger partial charge on any atom is -0.464 e. The lowest BCUT2D eigenvalue weighted by molar-refractivity contribution is -0.138. The number of aryl methyl sites for hydroxylation is 1. The van der Waals surface area contributed by atoms with Gasteiger partial charge < -0.3 is 14.2 Å². The Morgan fingerprint density at radius 1 is 1.33 bits per heavy atom. The highest BCUT2D eigenvalue weighted by Crippen LogP contribution is 2.28. The van der Waals surface area contributed by atoms with E-state index >= 15 is 0 Å². The Morgan fingerprint density at radius 3 is 2.92 bits per heavy atom. The molecule has 0 radical (unpaired) electrons. The molecule has 0 bridgehead atoms. The summed E-state index contributed by atoms with van der Waals surface area (Å²) in [5.41, 5.74) is 1.47. The van der Waals surface area contributed by atoms with Crippen LogP contribution in [0, 0.1) is 6.92 Å². The van der Waals surface area contributed by atoms with E-state index in [2.05, 4.69) is 10.3 Å². The van der Waals surface area contributed by atoms with E-state index in [-0.39, 0.29) is 18.6 Å². The summed E-state index contributed by atoms with van der Waals surface area (Å²) < 4.78 is 5.59. The lowest BCUT2D eigenvalue weighted by atomic mass is 10.3. The van der Waals surface area contributed by atoms with Crippen molar-refractivity contribution in [2.45, 2.75) is 32.4 Å². The third-order valence-electron chi connectivity index (χ3n) is 4.06. The molecule has 0 saturated heterocycles. The zero-order chi connectivity index (χ0) is 16.5. The molecule has 7 heteroatoms. The third-order valence-corrected chi connectivity index (χ3v) is 4.06. The summed E-state index contributed by atoms with van der Waals surface area (Å²) >= 11 is 0. The van der Waals surface area contributed by atoms with Gasteiger partial charge in [-0.2, -0.15) is 0 Å². The van der Waals surface area contributed by atoms with Gasteiger partial charge in [-0.15, -0.1) is 5.10 Å². The van der Waals surface area contributed by atoms with E-state index in [9.17, 15) is 4.79 Å². The van der Waals surface area contributed by atoms with Crippen molar-refractivity contribution in [3.05, 3.63) is 47.9 Å². The van der Waals surface area contributed by atoms with Gasteiger partial charge in [0.15, 0.2) is 6.61 Å². The average molecular weight is 326 g/mol. The van der Waals surface area contributed by atoms with Crippen molar-refractivity contribution in [3.63, 3.8) is 0 Å². The van der Waals surface area contributed by atoms with Crippen LogP contribution in [0.25, 0.3) is 11.0 Å². The van der Waals surface area contributed by atoms with Crippen LogP contribution < -0.4 is 4.84 Å². The fourth-order valence-electron chi connectivity index (χ4n) is 2.69. The molecule has 124 valence electrons. The van der Waals surface area contributed by atoms with Gasteiger partial charge >= 0.3 is 0 Å². The van der Waals surface area contributed by atoms with Crippen molar-refractivity contribution in [1.29, 1.82) is 0 Å². The maximum atomic E-state index is 12.6. The van der Waals surface area contributed by atoms with Gasteiger partial charge in [0.25, 0.3) is 5.91 Å². The summed E-state index contributed by atoms with van der Waals surface area (Å²) in [5.74, 6) is 1.56. The van der Waals surface area contributed by atoms with E-state index in [0.29, 0.717) is 6.54 Å². The first kappa shape index (κ1) is 14.7. The molecule has 1 aliphatic carbocycles. The lowest BCUT2D eigenvalue weighted by Gasteiger charge is -2.21. The molecule has 3 aromatic rings. The second kappa shape index (κ2) is 5.99. The molecule has 0 atom stereocenters. The highest BCUT2D eigenvalue weighted by Gasteiger charge is 2.33. The Morgan fingerprint density at radius 2 is 2.17 bits per heavy atom. The SMILES string of the molecule is Cc1ccc(CN(C(=O)COn2nnc3ccccc32)C2CC2)o1. The largest absolute Gasteiger partial charge is 0.464 e. The summed E-state index contributed by atoms with van der Waals surface area (Å²) in [7, 11) is 0. The number of nitrogens with zero attached hydrogens (tertiary/aromatic N) is 4. The Balaban J connectivity index is 1.43. The second-order valence-corrected chi connectivity index (χ2v) is 5.99. The van der Waals surface area contributed by atoms with Crippen molar-refractivity contribution in [1.82, 2.24) is 20.1 Å². The number of hydrogen-bond donors (Lipinski definition) is 0. The van der Waals surface area contributed by atoms with Gasteiger partial charge in [0.1, 0.15) is 22.6 Å². The van der Waals surface area contributed by atoms with E-state index in [4.69, 9.17) is 9.25 Å². The van der Waals surface area contributed by atoms with E-state index < -0.39 is 0 Å². The van der Waals surface area contributed by atoms with E-state index in [1.807, 2.05) is 48.2 Å².